The summed E-state index contributed by atoms with van der Waals surface area (Å²) in [5.74, 6) is 2.77. The van der Waals surface area contributed by atoms with E-state index >= 15 is 0 Å². The van der Waals surface area contributed by atoms with Gasteiger partial charge in [-0.1, -0.05) is 18.2 Å². The zero-order valence-electron chi connectivity index (χ0n) is 16.3. The maximum atomic E-state index is 5.53. The van der Waals surface area contributed by atoms with Gasteiger partial charge in [-0.3, -0.25) is 0 Å². The SMILES string of the molecule is COCc1nc(NCc2ccccc2-n2ccnc2C)cc(C2CCOC2)n1. The molecule has 1 aromatic carbocycles. The molecule has 1 atom stereocenters. The summed E-state index contributed by atoms with van der Waals surface area (Å²) < 4.78 is 12.9. The molecular formula is C21H25N5O2. The fourth-order valence-corrected chi connectivity index (χ4v) is 3.49. The smallest absolute Gasteiger partial charge is 0.156 e. The number of hydrogen-bond acceptors (Lipinski definition) is 6. The maximum absolute atomic E-state index is 5.53. The topological polar surface area (TPSA) is 74.1 Å². The van der Waals surface area contributed by atoms with Crippen molar-refractivity contribution in [3.63, 3.8) is 0 Å². The summed E-state index contributed by atoms with van der Waals surface area (Å²) >= 11 is 0. The molecule has 1 aliphatic rings. The Hall–Kier alpha value is -2.77. The van der Waals surface area contributed by atoms with Crippen molar-refractivity contribution in [2.75, 3.05) is 25.6 Å². The average molecular weight is 379 g/mol. The van der Waals surface area contributed by atoms with Crippen molar-refractivity contribution in [3.05, 3.63) is 65.6 Å². The zero-order valence-corrected chi connectivity index (χ0v) is 16.3. The number of methoxy groups -OCH3 is 1. The molecular weight excluding hydrogens is 354 g/mol. The van der Waals surface area contributed by atoms with Crippen molar-refractivity contribution in [2.45, 2.75) is 32.4 Å². The van der Waals surface area contributed by atoms with Gasteiger partial charge in [0.05, 0.1) is 18.0 Å². The van der Waals surface area contributed by atoms with Gasteiger partial charge < -0.3 is 19.4 Å². The lowest BCUT2D eigenvalue weighted by Gasteiger charge is -2.15. The van der Waals surface area contributed by atoms with Gasteiger partial charge in [0.15, 0.2) is 5.82 Å². The van der Waals surface area contributed by atoms with E-state index in [4.69, 9.17) is 9.47 Å². The minimum atomic E-state index is 0.319. The molecule has 0 amide bonds. The molecule has 2 aromatic heterocycles. The molecule has 0 spiro atoms. The molecule has 3 aromatic rings. The lowest BCUT2D eigenvalue weighted by atomic mass is 10.0. The number of benzene rings is 1. The summed E-state index contributed by atoms with van der Waals surface area (Å²) in [6, 6.07) is 10.3. The quantitative estimate of drug-likeness (QED) is 0.679. The van der Waals surface area contributed by atoms with Gasteiger partial charge in [-0.05, 0) is 25.0 Å². The van der Waals surface area contributed by atoms with Crippen LogP contribution in [0.4, 0.5) is 5.82 Å². The van der Waals surface area contributed by atoms with Crippen molar-refractivity contribution in [1.82, 2.24) is 19.5 Å². The fourth-order valence-electron chi connectivity index (χ4n) is 3.49. The van der Waals surface area contributed by atoms with Crippen LogP contribution in [-0.4, -0.2) is 39.8 Å². The van der Waals surface area contributed by atoms with E-state index in [1.54, 1.807) is 7.11 Å². The van der Waals surface area contributed by atoms with Crippen LogP contribution in [0, 0.1) is 6.92 Å². The van der Waals surface area contributed by atoms with Crippen LogP contribution >= 0.6 is 0 Å². The number of aromatic nitrogens is 4. The lowest BCUT2D eigenvalue weighted by Crippen LogP contribution is -2.11. The summed E-state index contributed by atoms with van der Waals surface area (Å²) in [6.45, 7) is 4.54. The third-order valence-corrected chi connectivity index (χ3v) is 4.95. The number of ether oxygens (including phenoxy) is 2. The first-order valence-corrected chi connectivity index (χ1v) is 9.51. The number of aryl methyl sites for hydroxylation is 1. The average Bonchev–Trinajstić information content (AvgIpc) is 3.39. The highest BCUT2D eigenvalue weighted by atomic mass is 16.5. The van der Waals surface area contributed by atoms with Crippen LogP contribution in [0.25, 0.3) is 5.69 Å². The van der Waals surface area contributed by atoms with Gasteiger partial charge in [0, 0.05) is 44.6 Å². The van der Waals surface area contributed by atoms with Crippen molar-refractivity contribution < 1.29 is 9.47 Å². The summed E-state index contributed by atoms with van der Waals surface area (Å²) in [5, 5.41) is 3.46. The van der Waals surface area contributed by atoms with Crippen LogP contribution in [0.5, 0.6) is 0 Å². The van der Waals surface area contributed by atoms with Gasteiger partial charge in [0.2, 0.25) is 0 Å². The molecule has 1 unspecified atom stereocenters. The lowest BCUT2D eigenvalue weighted by molar-refractivity contribution is 0.177. The number of nitrogens with one attached hydrogen (secondary N) is 1. The Balaban J connectivity index is 1.57. The van der Waals surface area contributed by atoms with Crippen molar-refractivity contribution in [1.29, 1.82) is 0 Å². The molecule has 146 valence electrons. The van der Waals surface area contributed by atoms with Gasteiger partial charge in [0.1, 0.15) is 18.2 Å². The Labute approximate surface area is 164 Å². The monoisotopic (exact) mass is 379 g/mol. The first kappa shape index (κ1) is 18.6. The molecule has 7 nitrogen and oxygen atoms in total. The maximum Gasteiger partial charge on any atom is 0.156 e. The van der Waals surface area contributed by atoms with Gasteiger partial charge in [-0.15, -0.1) is 0 Å². The first-order valence-electron chi connectivity index (χ1n) is 9.51. The van der Waals surface area contributed by atoms with Crippen molar-refractivity contribution >= 4 is 5.82 Å². The number of hydrogen-bond donors (Lipinski definition) is 1. The molecule has 1 N–H and O–H groups in total. The normalized spacial score (nSPS) is 16.4. The third-order valence-electron chi connectivity index (χ3n) is 4.95. The van der Waals surface area contributed by atoms with Gasteiger partial charge in [0.25, 0.3) is 0 Å². The van der Waals surface area contributed by atoms with E-state index in [2.05, 4.69) is 37.0 Å². The van der Waals surface area contributed by atoms with Gasteiger partial charge in [-0.2, -0.15) is 0 Å². The Morgan fingerprint density at radius 2 is 2.18 bits per heavy atom. The van der Waals surface area contributed by atoms with E-state index < -0.39 is 0 Å². The van der Waals surface area contributed by atoms with E-state index in [0.717, 1.165) is 36.1 Å². The number of imidazole rings is 1. The molecule has 28 heavy (non-hydrogen) atoms. The predicted octanol–water partition coefficient (Wildman–Crippen LogP) is 3.23. The minimum absolute atomic E-state index is 0.319. The Kier molecular flexibility index (Phi) is 5.64. The predicted molar refractivity (Wildman–Crippen MR) is 107 cm³/mol. The molecule has 3 heterocycles. The molecule has 4 rings (SSSR count). The fraction of sp³-hybridized carbons (Fsp3) is 0.381. The minimum Gasteiger partial charge on any atom is -0.381 e. The number of anilines is 1. The Morgan fingerprint density at radius 3 is 2.93 bits per heavy atom. The molecule has 0 saturated carbocycles. The van der Waals surface area contributed by atoms with E-state index in [0.29, 0.717) is 31.5 Å². The van der Waals surface area contributed by atoms with Crippen LogP contribution in [-0.2, 0) is 22.6 Å². The summed E-state index contributed by atoms with van der Waals surface area (Å²) in [5.41, 5.74) is 3.29. The molecule has 1 saturated heterocycles. The second-order valence-corrected chi connectivity index (χ2v) is 6.91. The second-order valence-electron chi connectivity index (χ2n) is 6.91. The standard InChI is InChI=1S/C21H25N5O2/c1-15-22-8-9-26(15)19-6-4-3-5-16(19)12-23-20-11-18(17-7-10-28-13-17)24-21(25-20)14-27-2/h3-6,8-9,11,17H,7,10,12-14H2,1-2H3,(H,23,24,25). The second kappa shape index (κ2) is 8.50. The Bertz CT molecular complexity index is 934. The summed E-state index contributed by atoms with van der Waals surface area (Å²) in [7, 11) is 1.66. The highest BCUT2D eigenvalue weighted by molar-refractivity contribution is 5.45. The largest absolute Gasteiger partial charge is 0.381 e. The van der Waals surface area contributed by atoms with Gasteiger partial charge >= 0.3 is 0 Å². The summed E-state index contributed by atoms with van der Waals surface area (Å²) in [6.07, 6.45) is 4.79. The highest BCUT2D eigenvalue weighted by Gasteiger charge is 2.21. The van der Waals surface area contributed by atoms with Gasteiger partial charge in [-0.25, -0.2) is 15.0 Å². The first-order chi connectivity index (χ1) is 13.7. The molecule has 7 heteroatoms. The molecule has 1 fully saturated rings. The number of para-hydroxylation sites is 1. The summed E-state index contributed by atoms with van der Waals surface area (Å²) in [4.78, 5) is 13.6. The zero-order chi connectivity index (χ0) is 19.3. The van der Waals surface area contributed by atoms with Crippen LogP contribution in [0.1, 0.15) is 35.2 Å². The van der Waals surface area contributed by atoms with Crippen LogP contribution in [0.2, 0.25) is 0 Å². The molecule has 1 aliphatic heterocycles. The highest BCUT2D eigenvalue weighted by Crippen LogP contribution is 2.26. The van der Waals surface area contributed by atoms with Crippen molar-refractivity contribution in [2.24, 2.45) is 0 Å². The molecule has 0 bridgehead atoms. The molecule has 0 aliphatic carbocycles. The number of rotatable bonds is 7. The van der Waals surface area contributed by atoms with Crippen LogP contribution in [0.15, 0.2) is 42.7 Å². The third kappa shape index (κ3) is 4.05. The number of nitrogens with zero attached hydrogens (tertiary/aromatic N) is 4. The van der Waals surface area contributed by atoms with Crippen LogP contribution in [0.3, 0.4) is 0 Å². The van der Waals surface area contributed by atoms with Crippen LogP contribution < -0.4 is 5.32 Å². The van der Waals surface area contributed by atoms with E-state index in [1.807, 2.05) is 37.5 Å². The Morgan fingerprint density at radius 1 is 1.29 bits per heavy atom. The van der Waals surface area contributed by atoms with E-state index in [9.17, 15) is 0 Å². The van der Waals surface area contributed by atoms with E-state index in [-0.39, 0.29) is 0 Å². The van der Waals surface area contributed by atoms with E-state index in [1.165, 1.54) is 5.56 Å². The molecule has 0 radical (unpaired) electrons. The van der Waals surface area contributed by atoms with Crippen molar-refractivity contribution in [3.8, 4) is 5.69 Å².